The minimum atomic E-state index is -3.52. The fraction of sp³-hybridized carbons (Fsp3) is 0.462. The number of methoxy groups -OCH3 is 1. The average molecular weight is 536 g/mol. The maximum atomic E-state index is 13.3. The quantitative estimate of drug-likeness (QED) is 0.361. The van der Waals surface area contributed by atoms with E-state index in [1.165, 1.54) is 0 Å². The maximum absolute atomic E-state index is 13.3. The van der Waals surface area contributed by atoms with Gasteiger partial charge in [-0.05, 0) is 68.0 Å². The van der Waals surface area contributed by atoms with Crippen LogP contribution < -0.4 is 10.0 Å². The monoisotopic (exact) mass is 535 g/mol. The van der Waals surface area contributed by atoms with Crippen LogP contribution >= 0.6 is 11.6 Å². The van der Waals surface area contributed by atoms with Gasteiger partial charge in [-0.25, -0.2) is 13.1 Å². The Balaban J connectivity index is 1.64. The molecule has 2 aromatic rings. The first-order valence-corrected chi connectivity index (χ1v) is 14.0. The highest BCUT2D eigenvalue weighted by Crippen LogP contribution is 2.22. The number of carbonyl (C=O) groups excluding carboxylic acids is 2. The fourth-order valence-corrected chi connectivity index (χ4v) is 5.09. The number of hydrogen-bond donors (Lipinski definition) is 2. The molecule has 0 radical (unpaired) electrons. The first-order chi connectivity index (χ1) is 17.2. The molecule has 0 bridgehead atoms. The first-order valence-electron chi connectivity index (χ1n) is 12.1. The molecule has 2 aromatic carbocycles. The van der Waals surface area contributed by atoms with Crippen LogP contribution in [-0.2, 0) is 37.3 Å². The molecule has 1 atom stereocenters. The summed E-state index contributed by atoms with van der Waals surface area (Å²) < 4.78 is 32.4. The van der Waals surface area contributed by atoms with Gasteiger partial charge in [0.1, 0.15) is 6.04 Å². The van der Waals surface area contributed by atoms with Gasteiger partial charge in [0.2, 0.25) is 21.8 Å². The number of halogens is 1. The highest BCUT2D eigenvalue weighted by Gasteiger charge is 2.28. The van der Waals surface area contributed by atoms with Crippen LogP contribution in [0.25, 0.3) is 0 Å². The van der Waals surface area contributed by atoms with Gasteiger partial charge in [0.15, 0.2) is 0 Å². The summed E-state index contributed by atoms with van der Waals surface area (Å²) in [4.78, 5) is 27.8. The van der Waals surface area contributed by atoms with Crippen molar-refractivity contribution in [3.63, 3.8) is 0 Å². The summed E-state index contributed by atoms with van der Waals surface area (Å²) in [7, 11) is -1.91. The van der Waals surface area contributed by atoms with Crippen LogP contribution in [0.15, 0.2) is 53.4 Å². The van der Waals surface area contributed by atoms with E-state index in [2.05, 4.69) is 10.0 Å². The number of nitrogens with one attached hydrogen (secondary N) is 2. The number of ether oxygens (including phenoxy) is 1. The number of carbonyl (C=O) groups is 2. The second-order valence-corrected chi connectivity index (χ2v) is 11.2. The zero-order valence-corrected chi connectivity index (χ0v) is 22.3. The van der Waals surface area contributed by atoms with Crippen LogP contribution in [0.3, 0.4) is 0 Å². The molecular formula is C26H34ClN3O5S. The van der Waals surface area contributed by atoms with Gasteiger partial charge in [-0.3, -0.25) is 9.59 Å². The van der Waals surface area contributed by atoms with E-state index in [-0.39, 0.29) is 35.7 Å². The minimum Gasteiger partial charge on any atom is -0.385 e. The van der Waals surface area contributed by atoms with Gasteiger partial charge in [0.25, 0.3) is 0 Å². The normalized spacial score (nSPS) is 14.3. The summed E-state index contributed by atoms with van der Waals surface area (Å²) in [5.74, 6) is -0.400. The molecule has 0 aromatic heterocycles. The van der Waals surface area contributed by atoms with E-state index in [0.29, 0.717) is 31.0 Å². The molecule has 2 amide bonds. The number of benzene rings is 2. The SMILES string of the molecule is COCCCNC(=O)[C@@H](C)N(Cc1ccc(Cl)cc1)C(=O)CCc1ccc(S(=O)(=O)NC2CC2)cc1. The van der Waals surface area contributed by atoms with Crippen LogP contribution in [0.1, 0.15) is 43.7 Å². The Morgan fingerprint density at radius 3 is 2.33 bits per heavy atom. The molecule has 0 unspecified atom stereocenters. The molecule has 0 aliphatic heterocycles. The molecule has 8 nitrogen and oxygen atoms in total. The smallest absolute Gasteiger partial charge is 0.242 e. The molecule has 1 aliphatic rings. The summed E-state index contributed by atoms with van der Waals surface area (Å²) in [6.07, 6.45) is 3.03. The van der Waals surface area contributed by atoms with E-state index < -0.39 is 16.1 Å². The largest absolute Gasteiger partial charge is 0.385 e. The van der Waals surface area contributed by atoms with Gasteiger partial charge < -0.3 is 15.0 Å². The van der Waals surface area contributed by atoms with Gasteiger partial charge >= 0.3 is 0 Å². The van der Waals surface area contributed by atoms with Crippen molar-refractivity contribution in [2.24, 2.45) is 0 Å². The molecule has 0 heterocycles. The minimum absolute atomic E-state index is 0.0399. The highest BCUT2D eigenvalue weighted by molar-refractivity contribution is 7.89. The van der Waals surface area contributed by atoms with Crippen molar-refractivity contribution in [2.45, 2.75) is 62.6 Å². The van der Waals surface area contributed by atoms with Crippen LogP contribution in [0.2, 0.25) is 5.02 Å². The third-order valence-electron chi connectivity index (χ3n) is 6.02. The van der Waals surface area contributed by atoms with E-state index in [0.717, 1.165) is 24.0 Å². The Morgan fingerprint density at radius 1 is 1.08 bits per heavy atom. The van der Waals surface area contributed by atoms with Crippen molar-refractivity contribution in [1.29, 1.82) is 0 Å². The molecule has 36 heavy (non-hydrogen) atoms. The summed E-state index contributed by atoms with van der Waals surface area (Å²) in [6, 6.07) is 13.1. The van der Waals surface area contributed by atoms with Crippen molar-refractivity contribution in [2.75, 3.05) is 20.3 Å². The Kier molecular flexibility index (Phi) is 10.3. The maximum Gasteiger partial charge on any atom is 0.242 e. The topological polar surface area (TPSA) is 105 Å². The Labute approximate surface area is 218 Å². The van der Waals surface area contributed by atoms with Gasteiger partial charge in [0, 0.05) is 44.3 Å². The lowest BCUT2D eigenvalue weighted by Gasteiger charge is -2.29. The predicted octanol–water partition coefficient (Wildman–Crippen LogP) is 3.28. The summed E-state index contributed by atoms with van der Waals surface area (Å²) in [6.45, 7) is 2.99. The standard InChI is InChI=1S/C26H34ClN3O5S/c1-19(26(32)28-16-3-17-35-2)30(18-21-4-9-22(27)10-5-21)25(31)15-8-20-6-13-24(14-7-20)36(33,34)29-23-11-12-23/h4-7,9-10,13-14,19,23,29H,3,8,11-12,15-18H2,1-2H3,(H,28,32)/t19-/m1/s1. The highest BCUT2D eigenvalue weighted by atomic mass is 35.5. The zero-order chi connectivity index (χ0) is 26.1. The van der Waals surface area contributed by atoms with Crippen molar-refractivity contribution in [1.82, 2.24) is 14.9 Å². The molecular weight excluding hydrogens is 502 g/mol. The number of nitrogens with zero attached hydrogens (tertiary/aromatic N) is 1. The third kappa shape index (κ3) is 8.58. The van der Waals surface area contributed by atoms with E-state index in [9.17, 15) is 18.0 Å². The van der Waals surface area contributed by atoms with Gasteiger partial charge in [0.05, 0.1) is 4.90 Å². The number of rotatable bonds is 14. The molecule has 196 valence electrons. The Hall–Kier alpha value is -2.46. The second kappa shape index (κ2) is 13.2. The molecule has 1 aliphatic carbocycles. The second-order valence-electron chi connectivity index (χ2n) is 9.00. The van der Waals surface area contributed by atoms with Gasteiger partial charge in [-0.15, -0.1) is 0 Å². The van der Waals surface area contributed by atoms with E-state index in [4.69, 9.17) is 16.3 Å². The molecule has 3 rings (SSSR count). The third-order valence-corrected chi connectivity index (χ3v) is 7.81. The van der Waals surface area contributed by atoms with Crippen LogP contribution in [0.5, 0.6) is 0 Å². The predicted molar refractivity (Wildman–Crippen MR) is 139 cm³/mol. The summed E-state index contributed by atoms with van der Waals surface area (Å²) in [5.41, 5.74) is 1.71. The van der Waals surface area contributed by atoms with Crippen molar-refractivity contribution in [3.05, 3.63) is 64.7 Å². The lowest BCUT2D eigenvalue weighted by molar-refractivity contribution is -0.140. The van der Waals surface area contributed by atoms with E-state index in [1.807, 2.05) is 12.1 Å². The van der Waals surface area contributed by atoms with E-state index in [1.54, 1.807) is 55.3 Å². The van der Waals surface area contributed by atoms with Gasteiger partial charge in [-0.2, -0.15) is 0 Å². The van der Waals surface area contributed by atoms with Crippen LogP contribution in [-0.4, -0.2) is 57.5 Å². The summed E-state index contributed by atoms with van der Waals surface area (Å²) >= 11 is 5.99. The molecule has 0 saturated heterocycles. The molecule has 0 spiro atoms. The first kappa shape index (κ1) is 28.1. The van der Waals surface area contributed by atoms with Gasteiger partial charge in [-0.1, -0.05) is 35.9 Å². The Morgan fingerprint density at radius 2 is 1.72 bits per heavy atom. The van der Waals surface area contributed by atoms with Crippen molar-refractivity contribution >= 4 is 33.4 Å². The number of aryl methyl sites for hydroxylation is 1. The van der Waals surface area contributed by atoms with Crippen LogP contribution in [0.4, 0.5) is 0 Å². The Bertz CT molecular complexity index is 1120. The van der Waals surface area contributed by atoms with Crippen molar-refractivity contribution < 1.29 is 22.7 Å². The molecule has 10 heteroatoms. The fourth-order valence-electron chi connectivity index (χ4n) is 3.66. The molecule has 1 fully saturated rings. The molecule has 2 N–H and O–H groups in total. The number of amides is 2. The number of hydrogen-bond acceptors (Lipinski definition) is 5. The van der Waals surface area contributed by atoms with E-state index >= 15 is 0 Å². The zero-order valence-electron chi connectivity index (χ0n) is 20.7. The average Bonchev–Trinajstić information content (AvgIpc) is 3.68. The van der Waals surface area contributed by atoms with Crippen molar-refractivity contribution in [3.8, 4) is 0 Å². The van der Waals surface area contributed by atoms with Crippen LogP contribution in [0, 0.1) is 0 Å². The lowest BCUT2D eigenvalue weighted by Crippen LogP contribution is -2.48. The molecule has 1 saturated carbocycles. The lowest BCUT2D eigenvalue weighted by atomic mass is 10.1. The summed E-state index contributed by atoms with van der Waals surface area (Å²) in [5, 5.41) is 3.46. The number of sulfonamides is 1.